The van der Waals surface area contributed by atoms with E-state index in [4.69, 9.17) is 4.74 Å². The number of halogens is 1. The second-order valence-electron chi connectivity index (χ2n) is 6.85. The molecule has 0 aliphatic rings. The third-order valence-corrected chi connectivity index (χ3v) is 4.97. The summed E-state index contributed by atoms with van der Waals surface area (Å²) in [5.74, 6) is -1.60. The summed E-state index contributed by atoms with van der Waals surface area (Å²) < 4.78 is 20.4. The third-order valence-electron chi connectivity index (χ3n) is 4.97. The number of aryl methyl sites for hydroxylation is 1. The topological polar surface area (TPSA) is 88.1 Å². The Labute approximate surface area is 177 Å². The monoisotopic (exact) mass is 415 g/mol. The lowest BCUT2D eigenvalue weighted by Gasteiger charge is -2.13. The standard InChI is InChI=1S/C24H18FN3O3/c1-3-31-24(30)20-23(29)19-18(13-26)22(15-9-11-16(25)12-10-15)28(21(19)14(2)27-20)17-7-5-4-6-8-17/h4-12,29H,3H2,1-2H3. The molecule has 4 rings (SSSR count). The average Bonchev–Trinajstić information content (AvgIpc) is 3.13. The van der Waals surface area contributed by atoms with Crippen LogP contribution in [0.2, 0.25) is 0 Å². The van der Waals surface area contributed by atoms with E-state index in [1.165, 1.54) is 12.1 Å². The van der Waals surface area contributed by atoms with Crippen molar-refractivity contribution in [2.75, 3.05) is 6.61 Å². The summed E-state index contributed by atoms with van der Waals surface area (Å²) >= 11 is 0. The number of para-hydroxylation sites is 1. The number of benzene rings is 2. The first kappa shape index (κ1) is 20.1. The molecule has 1 N–H and O–H groups in total. The van der Waals surface area contributed by atoms with Crippen LogP contribution in [0.25, 0.3) is 27.8 Å². The number of hydrogen-bond acceptors (Lipinski definition) is 5. The van der Waals surface area contributed by atoms with Gasteiger partial charge in [-0.05, 0) is 50.2 Å². The Balaban J connectivity index is 2.19. The summed E-state index contributed by atoms with van der Waals surface area (Å²) in [4.78, 5) is 16.6. The normalized spacial score (nSPS) is 10.8. The van der Waals surface area contributed by atoms with Crippen molar-refractivity contribution in [3.63, 3.8) is 0 Å². The van der Waals surface area contributed by atoms with E-state index in [-0.39, 0.29) is 23.3 Å². The Hall–Kier alpha value is -4.18. The lowest BCUT2D eigenvalue weighted by atomic mass is 10.0. The van der Waals surface area contributed by atoms with Crippen molar-refractivity contribution in [3.05, 3.63) is 77.4 Å². The van der Waals surface area contributed by atoms with Gasteiger partial charge in [0.15, 0.2) is 11.4 Å². The SMILES string of the molecule is CCOC(=O)c1nc(C)c2c(c1O)c(C#N)c(-c1ccc(F)cc1)n2-c1ccccc1. The summed E-state index contributed by atoms with van der Waals surface area (Å²) in [5, 5.41) is 21.2. The molecule has 2 heterocycles. The first-order valence-electron chi connectivity index (χ1n) is 9.64. The summed E-state index contributed by atoms with van der Waals surface area (Å²) in [6.07, 6.45) is 0. The van der Waals surface area contributed by atoms with Crippen LogP contribution in [0.3, 0.4) is 0 Å². The van der Waals surface area contributed by atoms with Gasteiger partial charge in [0.1, 0.15) is 11.9 Å². The zero-order chi connectivity index (χ0) is 22.1. The summed E-state index contributed by atoms with van der Waals surface area (Å²) in [5.41, 5.74) is 2.58. The van der Waals surface area contributed by atoms with Crippen LogP contribution in [-0.2, 0) is 4.74 Å². The molecule has 154 valence electrons. The molecule has 0 bridgehead atoms. The van der Waals surface area contributed by atoms with Crippen molar-refractivity contribution in [2.45, 2.75) is 13.8 Å². The van der Waals surface area contributed by atoms with Crippen LogP contribution in [0.4, 0.5) is 4.39 Å². The molecular weight excluding hydrogens is 397 g/mol. The lowest BCUT2D eigenvalue weighted by Crippen LogP contribution is -2.09. The minimum absolute atomic E-state index is 0.119. The first-order valence-corrected chi connectivity index (χ1v) is 9.64. The maximum absolute atomic E-state index is 13.6. The zero-order valence-corrected chi connectivity index (χ0v) is 16.9. The maximum atomic E-state index is 13.6. The first-order chi connectivity index (χ1) is 15.0. The number of carbonyl (C=O) groups excluding carboxylic acids is 1. The van der Waals surface area contributed by atoms with Gasteiger partial charge in [0.2, 0.25) is 0 Å². The number of nitrogens with zero attached hydrogens (tertiary/aromatic N) is 3. The largest absolute Gasteiger partial charge is 0.505 e. The number of rotatable bonds is 4. The molecule has 0 fully saturated rings. The van der Waals surface area contributed by atoms with Crippen molar-refractivity contribution < 1.29 is 19.0 Å². The van der Waals surface area contributed by atoms with Gasteiger partial charge in [-0.3, -0.25) is 0 Å². The van der Waals surface area contributed by atoms with Gasteiger partial charge < -0.3 is 14.4 Å². The number of pyridine rings is 1. The van der Waals surface area contributed by atoms with E-state index in [0.29, 0.717) is 22.5 Å². The molecule has 4 aromatic rings. The van der Waals surface area contributed by atoms with Gasteiger partial charge in [-0.2, -0.15) is 5.26 Å². The van der Waals surface area contributed by atoms with Crippen LogP contribution in [0, 0.1) is 24.1 Å². The van der Waals surface area contributed by atoms with Crippen LogP contribution < -0.4 is 0 Å². The van der Waals surface area contributed by atoms with E-state index in [1.54, 1.807) is 30.5 Å². The molecule has 0 aliphatic carbocycles. The van der Waals surface area contributed by atoms with E-state index in [1.807, 2.05) is 30.3 Å². The fourth-order valence-electron chi connectivity index (χ4n) is 3.70. The van der Waals surface area contributed by atoms with Gasteiger partial charge in [0, 0.05) is 11.3 Å². The zero-order valence-electron chi connectivity index (χ0n) is 16.9. The highest BCUT2D eigenvalue weighted by atomic mass is 19.1. The summed E-state index contributed by atoms with van der Waals surface area (Å²) in [7, 11) is 0. The number of aromatic hydroxyl groups is 1. The molecule has 0 unspecified atom stereocenters. The number of hydrogen-bond donors (Lipinski definition) is 1. The van der Waals surface area contributed by atoms with E-state index < -0.39 is 17.5 Å². The van der Waals surface area contributed by atoms with Crippen molar-refractivity contribution in [3.8, 4) is 28.8 Å². The second-order valence-corrected chi connectivity index (χ2v) is 6.85. The quantitative estimate of drug-likeness (QED) is 0.479. The fourth-order valence-corrected chi connectivity index (χ4v) is 3.70. The highest BCUT2D eigenvalue weighted by Crippen LogP contribution is 2.42. The van der Waals surface area contributed by atoms with Crippen molar-refractivity contribution in [1.29, 1.82) is 5.26 Å². The average molecular weight is 415 g/mol. The summed E-state index contributed by atoms with van der Waals surface area (Å²) in [6.45, 7) is 3.47. The second kappa shape index (κ2) is 7.92. The van der Waals surface area contributed by atoms with Crippen LogP contribution in [-0.4, -0.2) is 27.2 Å². The molecule has 0 aliphatic heterocycles. The maximum Gasteiger partial charge on any atom is 0.360 e. The molecule has 31 heavy (non-hydrogen) atoms. The molecule has 0 spiro atoms. The fraction of sp³-hybridized carbons (Fsp3) is 0.125. The molecule has 0 saturated carbocycles. The van der Waals surface area contributed by atoms with E-state index in [9.17, 15) is 19.6 Å². The van der Waals surface area contributed by atoms with Crippen LogP contribution >= 0.6 is 0 Å². The lowest BCUT2D eigenvalue weighted by molar-refractivity contribution is 0.0516. The highest BCUT2D eigenvalue weighted by molar-refractivity contribution is 6.05. The van der Waals surface area contributed by atoms with E-state index >= 15 is 0 Å². The van der Waals surface area contributed by atoms with Gasteiger partial charge in [-0.15, -0.1) is 0 Å². The number of carbonyl (C=O) groups is 1. The molecule has 0 amide bonds. The highest BCUT2D eigenvalue weighted by Gasteiger charge is 2.28. The Bertz CT molecular complexity index is 1340. The molecule has 2 aromatic carbocycles. The van der Waals surface area contributed by atoms with Gasteiger partial charge in [-0.25, -0.2) is 14.2 Å². The Kier molecular flexibility index (Phi) is 5.14. The van der Waals surface area contributed by atoms with Gasteiger partial charge in [0.25, 0.3) is 0 Å². The minimum atomic E-state index is -0.773. The number of esters is 1. The molecule has 2 aromatic heterocycles. The molecule has 0 radical (unpaired) electrons. The van der Waals surface area contributed by atoms with Crippen molar-refractivity contribution in [1.82, 2.24) is 9.55 Å². The van der Waals surface area contributed by atoms with Crippen molar-refractivity contribution in [2.24, 2.45) is 0 Å². The number of nitriles is 1. The number of fused-ring (bicyclic) bond motifs is 1. The minimum Gasteiger partial charge on any atom is -0.505 e. The molecule has 7 heteroatoms. The Morgan fingerprint density at radius 3 is 2.48 bits per heavy atom. The molecular formula is C24H18FN3O3. The van der Waals surface area contributed by atoms with Crippen LogP contribution in [0.5, 0.6) is 5.75 Å². The molecule has 0 saturated heterocycles. The predicted octanol–water partition coefficient (Wildman–Crippen LogP) is 4.89. The molecule has 6 nitrogen and oxygen atoms in total. The van der Waals surface area contributed by atoms with Crippen LogP contribution in [0.15, 0.2) is 54.6 Å². The third kappa shape index (κ3) is 3.28. The van der Waals surface area contributed by atoms with Gasteiger partial charge in [-0.1, -0.05) is 18.2 Å². The van der Waals surface area contributed by atoms with E-state index in [0.717, 1.165) is 5.69 Å². The number of aromatic nitrogens is 2. The summed E-state index contributed by atoms with van der Waals surface area (Å²) in [6, 6.07) is 17.1. The van der Waals surface area contributed by atoms with E-state index in [2.05, 4.69) is 11.1 Å². The van der Waals surface area contributed by atoms with Gasteiger partial charge >= 0.3 is 5.97 Å². The predicted molar refractivity (Wildman–Crippen MR) is 114 cm³/mol. The number of ether oxygens (including phenoxy) is 1. The Morgan fingerprint density at radius 2 is 1.87 bits per heavy atom. The molecule has 0 atom stereocenters. The van der Waals surface area contributed by atoms with Crippen molar-refractivity contribution >= 4 is 16.9 Å². The van der Waals surface area contributed by atoms with Gasteiger partial charge in [0.05, 0.1) is 34.5 Å². The smallest absolute Gasteiger partial charge is 0.360 e. The Morgan fingerprint density at radius 1 is 1.19 bits per heavy atom. The van der Waals surface area contributed by atoms with Crippen LogP contribution in [0.1, 0.15) is 28.7 Å².